The molecule has 1 unspecified atom stereocenters. The van der Waals surface area contributed by atoms with Gasteiger partial charge in [-0.25, -0.2) is 8.42 Å². The van der Waals surface area contributed by atoms with Crippen LogP contribution in [0.2, 0.25) is 5.02 Å². The van der Waals surface area contributed by atoms with Gasteiger partial charge in [0, 0.05) is 11.6 Å². The molecule has 1 aromatic carbocycles. The Hall–Kier alpha value is -1.64. The van der Waals surface area contributed by atoms with Crippen molar-refractivity contribution in [3.8, 4) is 0 Å². The monoisotopic (exact) mass is 376 g/mol. The van der Waals surface area contributed by atoms with Crippen molar-refractivity contribution in [3.05, 3.63) is 29.3 Å². The second-order valence-electron chi connectivity index (χ2n) is 5.36. The largest absolute Gasteiger partial charge is 0.454 e. The van der Waals surface area contributed by atoms with Crippen LogP contribution in [0.25, 0.3) is 0 Å². The smallest absolute Gasteiger partial charge is 0.324 e. The topological polar surface area (TPSA) is 102 Å². The lowest BCUT2D eigenvalue weighted by atomic mass is 10.1. The summed E-state index contributed by atoms with van der Waals surface area (Å²) in [7, 11) is -3.93. The molecular weight excluding hydrogens is 356 g/mol. The Morgan fingerprint density at radius 2 is 1.79 bits per heavy atom. The molecule has 24 heavy (non-hydrogen) atoms. The number of halogens is 1. The van der Waals surface area contributed by atoms with E-state index in [1.165, 1.54) is 24.3 Å². The molecule has 0 spiro atoms. The average molecular weight is 377 g/mol. The lowest BCUT2D eigenvalue weighted by molar-refractivity contribution is -0.151. The van der Waals surface area contributed by atoms with Gasteiger partial charge >= 0.3 is 5.97 Å². The number of nitrogens with one attached hydrogen (secondary N) is 2. The minimum Gasteiger partial charge on any atom is -0.454 e. The maximum absolute atomic E-state index is 12.4. The third-order valence-electron chi connectivity index (χ3n) is 3.05. The summed E-state index contributed by atoms with van der Waals surface area (Å²) in [5.41, 5.74) is 0. The van der Waals surface area contributed by atoms with Crippen LogP contribution in [-0.2, 0) is 24.3 Å². The third kappa shape index (κ3) is 6.10. The van der Waals surface area contributed by atoms with Crippen molar-refractivity contribution >= 4 is 33.5 Å². The fourth-order valence-corrected chi connectivity index (χ4v) is 3.24. The Morgan fingerprint density at radius 1 is 1.21 bits per heavy atom. The Kier molecular flexibility index (Phi) is 7.65. The normalized spacial score (nSPS) is 12.7. The highest BCUT2D eigenvalue weighted by Crippen LogP contribution is 2.16. The number of esters is 1. The molecule has 0 aromatic heterocycles. The van der Waals surface area contributed by atoms with Crippen molar-refractivity contribution in [1.29, 1.82) is 0 Å². The van der Waals surface area contributed by atoms with Gasteiger partial charge in [0.1, 0.15) is 6.04 Å². The summed E-state index contributed by atoms with van der Waals surface area (Å²) in [5.74, 6) is -1.63. The van der Waals surface area contributed by atoms with Gasteiger partial charge in [-0.1, -0.05) is 25.4 Å². The minimum atomic E-state index is -3.93. The first-order chi connectivity index (χ1) is 11.2. The van der Waals surface area contributed by atoms with Crippen molar-refractivity contribution in [2.45, 2.75) is 31.7 Å². The van der Waals surface area contributed by atoms with Crippen molar-refractivity contribution in [3.63, 3.8) is 0 Å². The summed E-state index contributed by atoms with van der Waals surface area (Å²) in [5, 5.41) is 2.88. The van der Waals surface area contributed by atoms with Gasteiger partial charge in [-0.2, -0.15) is 4.72 Å². The van der Waals surface area contributed by atoms with E-state index in [0.29, 0.717) is 11.6 Å². The van der Waals surface area contributed by atoms with E-state index in [9.17, 15) is 18.0 Å². The van der Waals surface area contributed by atoms with Gasteiger partial charge in [-0.15, -0.1) is 0 Å². The number of likely N-dealkylation sites (N-methyl/N-ethyl adjacent to an activating group) is 1. The molecule has 0 saturated carbocycles. The quantitative estimate of drug-likeness (QED) is 0.666. The Morgan fingerprint density at radius 3 is 2.29 bits per heavy atom. The molecule has 7 nitrogen and oxygen atoms in total. The standard InChI is InChI=1S/C15H21ClN2O5S/c1-4-17-13(19)9-23-15(20)14(10(2)3)18-24(21,22)12-7-5-11(16)6-8-12/h5-8,10,14,18H,4,9H2,1-3H3,(H,17,19). The van der Waals surface area contributed by atoms with E-state index >= 15 is 0 Å². The van der Waals surface area contributed by atoms with Crippen LogP contribution in [0.15, 0.2) is 29.2 Å². The van der Waals surface area contributed by atoms with Gasteiger partial charge in [0.25, 0.3) is 5.91 Å². The van der Waals surface area contributed by atoms with Crippen LogP contribution < -0.4 is 10.0 Å². The van der Waals surface area contributed by atoms with Crippen LogP contribution in [0.5, 0.6) is 0 Å². The number of amides is 1. The predicted molar refractivity (Wildman–Crippen MR) is 90.0 cm³/mol. The molecule has 0 bridgehead atoms. The summed E-state index contributed by atoms with van der Waals surface area (Å²) >= 11 is 5.74. The first-order valence-corrected chi connectivity index (χ1v) is 9.24. The molecule has 0 aliphatic carbocycles. The zero-order valence-electron chi connectivity index (χ0n) is 13.7. The van der Waals surface area contributed by atoms with E-state index in [1.54, 1.807) is 20.8 Å². The van der Waals surface area contributed by atoms with Crippen LogP contribution in [0, 0.1) is 5.92 Å². The van der Waals surface area contributed by atoms with E-state index in [0.717, 1.165) is 0 Å². The zero-order valence-corrected chi connectivity index (χ0v) is 15.3. The molecule has 1 amide bonds. The molecule has 9 heteroatoms. The summed E-state index contributed by atoms with van der Waals surface area (Å²) < 4.78 is 31.9. The number of hydrogen-bond donors (Lipinski definition) is 2. The first-order valence-electron chi connectivity index (χ1n) is 7.38. The Bertz CT molecular complexity index is 674. The highest BCUT2D eigenvalue weighted by Gasteiger charge is 2.30. The van der Waals surface area contributed by atoms with E-state index in [2.05, 4.69) is 10.0 Å². The molecule has 0 heterocycles. The number of sulfonamides is 1. The minimum absolute atomic E-state index is 0.0194. The van der Waals surface area contributed by atoms with Gasteiger partial charge in [0.15, 0.2) is 6.61 Å². The van der Waals surface area contributed by atoms with Gasteiger partial charge < -0.3 is 10.1 Å². The number of rotatable bonds is 8. The SMILES string of the molecule is CCNC(=O)COC(=O)C(NS(=O)(=O)c1ccc(Cl)cc1)C(C)C. The fraction of sp³-hybridized carbons (Fsp3) is 0.467. The van der Waals surface area contributed by atoms with Gasteiger partial charge in [0.05, 0.1) is 4.90 Å². The van der Waals surface area contributed by atoms with Crippen molar-refractivity contribution in [1.82, 2.24) is 10.0 Å². The predicted octanol–water partition coefficient (Wildman–Crippen LogP) is 1.32. The second kappa shape index (κ2) is 9.00. The Labute approximate surface area is 146 Å². The molecule has 1 atom stereocenters. The molecule has 0 radical (unpaired) electrons. The van der Waals surface area contributed by atoms with Crippen molar-refractivity contribution < 1.29 is 22.7 Å². The average Bonchev–Trinajstić information content (AvgIpc) is 2.51. The number of hydrogen-bond acceptors (Lipinski definition) is 5. The maximum Gasteiger partial charge on any atom is 0.324 e. The maximum atomic E-state index is 12.4. The first kappa shape index (κ1) is 20.4. The van der Waals surface area contributed by atoms with Crippen LogP contribution >= 0.6 is 11.6 Å². The summed E-state index contributed by atoms with van der Waals surface area (Å²) in [4.78, 5) is 23.4. The van der Waals surface area contributed by atoms with E-state index < -0.39 is 34.5 Å². The van der Waals surface area contributed by atoms with Gasteiger partial charge in [-0.05, 0) is 37.1 Å². The van der Waals surface area contributed by atoms with E-state index in [-0.39, 0.29) is 10.8 Å². The third-order valence-corrected chi connectivity index (χ3v) is 4.76. The molecule has 0 aliphatic rings. The summed E-state index contributed by atoms with van der Waals surface area (Å²) in [6, 6.07) is 4.44. The van der Waals surface area contributed by atoms with Crippen molar-refractivity contribution in [2.24, 2.45) is 5.92 Å². The second-order valence-corrected chi connectivity index (χ2v) is 7.51. The molecule has 0 saturated heterocycles. The number of benzene rings is 1. The number of ether oxygens (including phenoxy) is 1. The zero-order chi connectivity index (χ0) is 18.3. The fourth-order valence-electron chi connectivity index (χ4n) is 1.78. The van der Waals surface area contributed by atoms with Crippen LogP contribution in [0.1, 0.15) is 20.8 Å². The van der Waals surface area contributed by atoms with Crippen LogP contribution in [0.3, 0.4) is 0 Å². The Balaban J connectivity index is 2.83. The highest BCUT2D eigenvalue weighted by atomic mass is 35.5. The number of carbonyl (C=O) groups excluding carboxylic acids is 2. The molecule has 2 N–H and O–H groups in total. The number of carbonyl (C=O) groups is 2. The molecule has 134 valence electrons. The highest BCUT2D eigenvalue weighted by molar-refractivity contribution is 7.89. The summed E-state index contributed by atoms with van der Waals surface area (Å²) in [6.07, 6.45) is 0. The van der Waals surface area contributed by atoms with Crippen LogP contribution in [-0.4, -0.2) is 39.5 Å². The van der Waals surface area contributed by atoms with Crippen LogP contribution in [0.4, 0.5) is 0 Å². The molecule has 1 rings (SSSR count). The van der Waals surface area contributed by atoms with E-state index in [4.69, 9.17) is 16.3 Å². The summed E-state index contributed by atoms with van der Waals surface area (Å²) in [6.45, 7) is 5.02. The van der Waals surface area contributed by atoms with Gasteiger partial charge in [-0.3, -0.25) is 9.59 Å². The lowest BCUT2D eigenvalue weighted by Gasteiger charge is -2.20. The van der Waals surface area contributed by atoms with E-state index in [1.807, 2.05) is 0 Å². The van der Waals surface area contributed by atoms with Gasteiger partial charge in [0.2, 0.25) is 10.0 Å². The van der Waals surface area contributed by atoms with Crippen molar-refractivity contribution in [2.75, 3.05) is 13.2 Å². The molecule has 0 fully saturated rings. The molecule has 1 aromatic rings. The molecule has 0 aliphatic heterocycles. The molecular formula is C15H21ClN2O5S. The lowest BCUT2D eigenvalue weighted by Crippen LogP contribution is -2.46.